The molecular formula is C27H31N5O3. The maximum Gasteiger partial charge on any atom is 0.228 e. The zero-order chi connectivity index (χ0) is 24.5. The van der Waals surface area contributed by atoms with Gasteiger partial charge in [-0.25, -0.2) is 0 Å². The minimum Gasteiger partial charge on any atom is -0.368 e. The topological polar surface area (TPSA) is 82.8 Å². The van der Waals surface area contributed by atoms with Crippen LogP contribution in [0.5, 0.6) is 0 Å². The Morgan fingerprint density at radius 2 is 1.71 bits per heavy atom. The fraction of sp³-hybridized carbons (Fsp3) is 0.407. The number of hydrogen-bond donors (Lipinski definition) is 0. The van der Waals surface area contributed by atoms with Crippen LogP contribution in [0.15, 0.2) is 47.0 Å². The smallest absolute Gasteiger partial charge is 0.228 e. The van der Waals surface area contributed by atoms with Crippen LogP contribution in [0.1, 0.15) is 30.4 Å². The lowest BCUT2D eigenvalue weighted by Gasteiger charge is -2.37. The molecule has 0 N–H and O–H groups in total. The quantitative estimate of drug-likeness (QED) is 0.563. The van der Waals surface area contributed by atoms with Gasteiger partial charge in [-0.15, -0.1) is 0 Å². The van der Waals surface area contributed by atoms with Gasteiger partial charge in [0.05, 0.1) is 5.92 Å². The van der Waals surface area contributed by atoms with Crippen molar-refractivity contribution >= 4 is 23.2 Å². The van der Waals surface area contributed by atoms with Gasteiger partial charge in [0.1, 0.15) is 0 Å². The predicted molar refractivity (Wildman–Crippen MR) is 134 cm³/mol. The Hall–Kier alpha value is -3.68. The Morgan fingerprint density at radius 1 is 1.00 bits per heavy atom. The molecule has 3 aromatic rings. The van der Waals surface area contributed by atoms with Gasteiger partial charge in [0.15, 0.2) is 0 Å². The monoisotopic (exact) mass is 473 g/mol. The lowest BCUT2D eigenvalue weighted by Crippen LogP contribution is -2.50. The van der Waals surface area contributed by atoms with E-state index in [1.54, 1.807) is 4.90 Å². The minimum atomic E-state index is -0.280. The SMILES string of the molecule is CCc1nc(-c2ccc(N3CCN(C(=O)[C@@H]4CC(=O)N(c5ccc(C)c(C)c5)C4)CC3)cc2)no1. The second kappa shape index (κ2) is 9.52. The van der Waals surface area contributed by atoms with Crippen molar-refractivity contribution in [3.63, 3.8) is 0 Å². The number of carbonyl (C=O) groups excluding carboxylic acids is 2. The summed E-state index contributed by atoms with van der Waals surface area (Å²) in [6, 6.07) is 14.2. The van der Waals surface area contributed by atoms with Crippen LogP contribution in [0.2, 0.25) is 0 Å². The summed E-state index contributed by atoms with van der Waals surface area (Å²) in [6.07, 6.45) is 0.996. The van der Waals surface area contributed by atoms with Crippen LogP contribution in [-0.4, -0.2) is 59.6 Å². The van der Waals surface area contributed by atoms with Gasteiger partial charge >= 0.3 is 0 Å². The first-order valence-corrected chi connectivity index (χ1v) is 12.3. The van der Waals surface area contributed by atoms with E-state index in [0.29, 0.717) is 37.8 Å². The van der Waals surface area contributed by atoms with Crippen molar-refractivity contribution in [2.45, 2.75) is 33.6 Å². The van der Waals surface area contributed by atoms with E-state index in [9.17, 15) is 9.59 Å². The summed E-state index contributed by atoms with van der Waals surface area (Å²) in [5.74, 6) is 1.06. The van der Waals surface area contributed by atoms with E-state index < -0.39 is 0 Å². The second-order valence-electron chi connectivity index (χ2n) is 9.40. The third kappa shape index (κ3) is 4.65. The Bertz CT molecular complexity index is 1230. The number of hydrogen-bond acceptors (Lipinski definition) is 6. The molecule has 2 amide bonds. The number of amides is 2. The lowest BCUT2D eigenvalue weighted by molar-refractivity contribution is -0.136. The first-order valence-electron chi connectivity index (χ1n) is 12.3. The predicted octanol–water partition coefficient (Wildman–Crippen LogP) is 3.62. The van der Waals surface area contributed by atoms with E-state index in [1.165, 1.54) is 5.56 Å². The van der Waals surface area contributed by atoms with Crippen molar-refractivity contribution in [2.75, 3.05) is 42.5 Å². The van der Waals surface area contributed by atoms with Gasteiger partial charge in [0.25, 0.3) is 0 Å². The Labute approximate surface area is 205 Å². The number of aryl methyl sites for hydroxylation is 3. The largest absolute Gasteiger partial charge is 0.368 e. The number of nitrogens with zero attached hydrogens (tertiary/aromatic N) is 5. The van der Waals surface area contributed by atoms with E-state index in [1.807, 2.05) is 49.1 Å². The molecule has 1 aromatic heterocycles. The van der Waals surface area contributed by atoms with Crippen molar-refractivity contribution in [1.82, 2.24) is 15.0 Å². The van der Waals surface area contributed by atoms with Gasteiger partial charge in [-0.05, 0) is 61.4 Å². The number of rotatable bonds is 5. The van der Waals surface area contributed by atoms with Gasteiger partial charge in [-0.1, -0.05) is 18.1 Å². The Balaban J connectivity index is 1.17. The van der Waals surface area contributed by atoms with Gasteiger partial charge in [-0.2, -0.15) is 4.98 Å². The fourth-order valence-electron chi connectivity index (χ4n) is 4.80. The van der Waals surface area contributed by atoms with Crippen molar-refractivity contribution < 1.29 is 14.1 Å². The molecule has 1 atom stereocenters. The van der Waals surface area contributed by atoms with Crippen molar-refractivity contribution in [3.05, 3.63) is 59.5 Å². The number of piperazine rings is 1. The molecular weight excluding hydrogens is 442 g/mol. The average Bonchev–Trinajstić information content (AvgIpc) is 3.52. The normalized spacial score (nSPS) is 18.4. The molecule has 2 saturated heterocycles. The molecule has 2 aliphatic heterocycles. The van der Waals surface area contributed by atoms with Crippen LogP contribution in [0.4, 0.5) is 11.4 Å². The van der Waals surface area contributed by atoms with E-state index in [0.717, 1.165) is 35.6 Å². The molecule has 8 heteroatoms. The van der Waals surface area contributed by atoms with Crippen LogP contribution < -0.4 is 9.80 Å². The highest BCUT2D eigenvalue weighted by Crippen LogP contribution is 2.29. The molecule has 0 unspecified atom stereocenters. The van der Waals surface area contributed by atoms with Crippen LogP contribution in [-0.2, 0) is 16.0 Å². The first kappa shape index (κ1) is 23.1. The van der Waals surface area contributed by atoms with E-state index >= 15 is 0 Å². The average molecular weight is 474 g/mol. The zero-order valence-corrected chi connectivity index (χ0v) is 20.5. The van der Waals surface area contributed by atoms with Crippen LogP contribution in [0, 0.1) is 19.8 Å². The third-order valence-electron chi connectivity index (χ3n) is 7.13. The van der Waals surface area contributed by atoms with Crippen LogP contribution in [0.3, 0.4) is 0 Å². The third-order valence-corrected chi connectivity index (χ3v) is 7.13. The minimum absolute atomic E-state index is 0.0259. The number of anilines is 2. The highest BCUT2D eigenvalue weighted by atomic mass is 16.5. The molecule has 0 saturated carbocycles. The number of carbonyl (C=O) groups is 2. The van der Waals surface area contributed by atoms with E-state index in [2.05, 4.69) is 34.1 Å². The van der Waals surface area contributed by atoms with Crippen LogP contribution in [0.25, 0.3) is 11.4 Å². The summed E-state index contributed by atoms with van der Waals surface area (Å²) in [5.41, 5.74) is 5.26. The first-order chi connectivity index (χ1) is 16.9. The summed E-state index contributed by atoms with van der Waals surface area (Å²) in [7, 11) is 0. The molecule has 182 valence electrons. The number of aromatic nitrogens is 2. The maximum atomic E-state index is 13.2. The van der Waals surface area contributed by atoms with Gasteiger partial charge < -0.3 is 19.2 Å². The number of benzene rings is 2. The summed E-state index contributed by atoms with van der Waals surface area (Å²) in [6.45, 7) is 9.36. The summed E-state index contributed by atoms with van der Waals surface area (Å²) < 4.78 is 5.21. The molecule has 2 fully saturated rings. The summed E-state index contributed by atoms with van der Waals surface area (Å²) in [5, 5.41) is 4.03. The van der Waals surface area contributed by atoms with Crippen molar-refractivity contribution in [1.29, 1.82) is 0 Å². The fourth-order valence-corrected chi connectivity index (χ4v) is 4.80. The molecule has 35 heavy (non-hydrogen) atoms. The second-order valence-corrected chi connectivity index (χ2v) is 9.40. The van der Waals surface area contributed by atoms with E-state index in [-0.39, 0.29) is 24.2 Å². The highest BCUT2D eigenvalue weighted by Gasteiger charge is 2.38. The van der Waals surface area contributed by atoms with Crippen LogP contribution >= 0.6 is 0 Å². The maximum absolute atomic E-state index is 13.2. The molecule has 0 aliphatic carbocycles. The highest BCUT2D eigenvalue weighted by molar-refractivity contribution is 6.00. The molecule has 8 nitrogen and oxygen atoms in total. The van der Waals surface area contributed by atoms with Gasteiger partial charge in [0.2, 0.25) is 23.5 Å². The standard InChI is InChI=1S/C27H31N5O3/c1-4-24-28-26(29-35-24)20-6-9-22(10-7-20)30-11-13-31(14-12-30)27(34)21-16-25(33)32(17-21)23-8-5-18(2)19(3)15-23/h5-10,15,21H,4,11-14,16-17H2,1-3H3/t21-/m1/s1. The van der Waals surface area contributed by atoms with Gasteiger partial charge in [0, 0.05) is 62.5 Å². The molecule has 2 aromatic carbocycles. The lowest BCUT2D eigenvalue weighted by atomic mass is 10.1. The molecule has 3 heterocycles. The summed E-state index contributed by atoms with van der Waals surface area (Å²) >= 11 is 0. The molecule has 0 bridgehead atoms. The van der Waals surface area contributed by atoms with Gasteiger partial charge in [-0.3, -0.25) is 9.59 Å². The Kier molecular flexibility index (Phi) is 6.28. The van der Waals surface area contributed by atoms with Crippen molar-refractivity contribution in [2.24, 2.45) is 5.92 Å². The Morgan fingerprint density at radius 3 is 2.37 bits per heavy atom. The van der Waals surface area contributed by atoms with E-state index in [4.69, 9.17) is 4.52 Å². The molecule has 5 rings (SSSR count). The molecule has 2 aliphatic rings. The summed E-state index contributed by atoms with van der Waals surface area (Å²) in [4.78, 5) is 36.2. The molecule has 0 radical (unpaired) electrons. The molecule has 0 spiro atoms. The zero-order valence-electron chi connectivity index (χ0n) is 20.5. The van der Waals surface area contributed by atoms with Crippen molar-refractivity contribution in [3.8, 4) is 11.4 Å².